The Hall–Kier alpha value is -0.480. The van der Waals surface area contributed by atoms with E-state index in [2.05, 4.69) is 12.5 Å². The Labute approximate surface area is 87.5 Å². The van der Waals surface area contributed by atoms with E-state index in [9.17, 15) is 0 Å². The zero-order valence-electron chi connectivity index (χ0n) is 7.78. The second-order valence-electron chi connectivity index (χ2n) is 2.65. The van der Waals surface area contributed by atoms with Crippen molar-refractivity contribution >= 4 is 34.9 Å². The smallest absolute Gasteiger partial charge is 0.0785 e. The third-order valence-electron chi connectivity index (χ3n) is 1.84. The van der Waals surface area contributed by atoms with Gasteiger partial charge in [0, 0.05) is 16.9 Å². The highest BCUT2D eigenvalue weighted by molar-refractivity contribution is 8.15. The first kappa shape index (κ1) is 10.6. The third kappa shape index (κ3) is 2.25. The van der Waals surface area contributed by atoms with E-state index in [-0.39, 0.29) is 0 Å². The van der Waals surface area contributed by atoms with Crippen LogP contribution in [-0.2, 0) is 0 Å². The van der Waals surface area contributed by atoms with Crippen LogP contribution in [-0.4, -0.2) is 12.5 Å². The molecule has 0 aromatic heterocycles. The highest BCUT2D eigenvalue weighted by Crippen LogP contribution is 2.41. The van der Waals surface area contributed by atoms with E-state index < -0.39 is 0 Å². The van der Waals surface area contributed by atoms with Crippen molar-refractivity contribution in [3.05, 3.63) is 23.8 Å². The van der Waals surface area contributed by atoms with Crippen LogP contribution in [0.3, 0.4) is 0 Å². The van der Waals surface area contributed by atoms with Gasteiger partial charge in [-0.05, 0) is 24.6 Å². The van der Waals surface area contributed by atoms with Crippen LogP contribution in [0.2, 0.25) is 0 Å². The zero-order valence-corrected chi connectivity index (χ0v) is 9.41. The molecule has 4 heteroatoms. The normalized spacial score (nSPS) is 10.7. The molecule has 0 saturated carbocycles. The van der Waals surface area contributed by atoms with Gasteiger partial charge in [-0.15, -0.1) is 23.5 Å². The fourth-order valence-corrected chi connectivity index (χ4v) is 2.99. The van der Waals surface area contributed by atoms with Crippen LogP contribution in [0.1, 0.15) is 10.1 Å². The van der Waals surface area contributed by atoms with E-state index in [0.717, 1.165) is 16.9 Å². The zero-order chi connectivity index (χ0) is 9.84. The van der Waals surface area contributed by atoms with Crippen molar-refractivity contribution in [2.75, 3.05) is 24.0 Å². The maximum atomic E-state index is 5.87. The lowest BCUT2D eigenvalue weighted by atomic mass is 10.1. The molecule has 0 radical (unpaired) electrons. The van der Waals surface area contributed by atoms with Gasteiger partial charge in [-0.25, -0.2) is 0 Å². The first-order valence-electron chi connectivity index (χ1n) is 3.90. The van der Waals surface area contributed by atoms with Crippen LogP contribution >= 0.6 is 23.5 Å². The Balaban J connectivity index is 3.10. The van der Waals surface area contributed by atoms with E-state index in [4.69, 9.17) is 11.5 Å². The average molecular weight is 214 g/mol. The van der Waals surface area contributed by atoms with Crippen molar-refractivity contribution in [3.63, 3.8) is 0 Å². The van der Waals surface area contributed by atoms with Crippen molar-refractivity contribution in [3.8, 4) is 0 Å². The molecular weight excluding hydrogens is 200 g/mol. The molecular formula is C9H14N2S2. The number of thioether (sulfide) groups is 2. The van der Waals surface area contributed by atoms with Gasteiger partial charge in [-0.2, -0.15) is 0 Å². The predicted octanol–water partition coefficient (Wildman–Crippen LogP) is 2.58. The Morgan fingerprint density at radius 2 is 1.54 bits per heavy atom. The van der Waals surface area contributed by atoms with E-state index in [0.29, 0.717) is 4.58 Å². The first-order chi connectivity index (χ1) is 6.20. The molecule has 0 fully saturated rings. The summed E-state index contributed by atoms with van der Waals surface area (Å²) in [4.78, 5) is 0. The second kappa shape index (κ2) is 4.67. The summed E-state index contributed by atoms with van der Waals surface area (Å²) >= 11 is 3.51. The van der Waals surface area contributed by atoms with Crippen LogP contribution < -0.4 is 11.5 Å². The molecule has 0 spiro atoms. The Bertz CT molecular complexity index is 265. The van der Waals surface area contributed by atoms with Crippen LogP contribution in [0.25, 0.3) is 0 Å². The predicted molar refractivity (Wildman–Crippen MR) is 65.0 cm³/mol. The number of hydrogen-bond donors (Lipinski definition) is 2. The Morgan fingerprint density at radius 1 is 1.08 bits per heavy atom. The second-order valence-corrected chi connectivity index (χ2v) is 4.84. The molecule has 0 aliphatic heterocycles. The van der Waals surface area contributed by atoms with Gasteiger partial charge >= 0.3 is 0 Å². The standard InChI is InChI=1S/C9H14N2S2/c1-12-9(13-2)8-6(10)4-3-5-7(8)11/h3-5,9H,10-11H2,1-2H3. The van der Waals surface area contributed by atoms with Gasteiger partial charge < -0.3 is 11.5 Å². The number of benzene rings is 1. The number of rotatable bonds is 3. The first-order valence-corrected chi connectivity index (χ1v) is 6.47. The number of nitrogens with two attached hydrogens (primary N) is 2. The third-order valence-corrected chi connectivity index (χ3v) is 4.32. The molecule has 1 aromatic carbocycles. The molecule has 0 unspecified atom stereocenters. The maximum absolute atomic E-state index is 5.87. The molecule has 2 nitrogen and oxygen atoms in total. The fraction of sp³-hybridized carbons (Fsp3) is 0.333. The van der Waals surface area contributed by atoms with Crippen LogP contribution in [0.15, 0.2) is 18.2 Å². The highest BCUT2D eigenvalue weighted by Gasteiger charge is 2.14. The molecule has 0 aliphatic carbocycles. The molecule has 72 valence electrons. The van der Waals surface area contributed by atoms with Gasteiger partial charge in [0.05, 0.1) is 4.58 Å². The molecule has 4 N–H and O–H groups in total. The average Bonchev–Trinajstić information content (AvgIpc) is 2.11. The van der Waals surface area contributed by atoms with Gasteiger partial charge in [-0.3, -0.25) is 0 Å². The molecule has 0 bridgehead atoms. The molecule has 0 saturated heterocycles. The monoisotopic (exact) mass is 214 g/mol. The van der Waals surface area contributed by atoms with E-state index in [1.165, 1.54) is 0 Å². The van der Waals surface area contributed by atoms with E-state index >= 15 is 0 Å². The Morgan fingerprint density at radius 3 is 1.92 bits per heavy atom. The number of anilines is 2. The molecule has 0 amide bonds. The van der Waals surface area contributed by atoms with Gasteiger partial charge in [0.15, 0.2) is 0 Å². The van der Waals surface area contributed by atoms with Gasteiger partial charge in [0.2, 0.25) is 0 Å². The minimum atomic E-state index is 0.334. The number of nitrogen functional groups attached to an aromatic ring is 2. The van der Waals surface area contributed by atoms with Crippen LogP contribution in [0.4, 0.5) is 11.4 Å². The van der Waals surface area contributed by atoms with Gasteiger partial charge in [0.1, 0.15) is 0 Å². The summed E-state index contributed by atoms with van der Waals surface area (Å²) in [6, 6.07) is 5.67. The molecule has 0 aliphatic rings. The summed E-state index contributed by atoms with van der Waals surface area (Å²) < 4.78 is 0.334. The summed E-state index contributed by atoms with van der Waals surface area (Å²) in [7, 11) is 0. The van der Waals surface area contributed by atoms with E-state index in [1.807, 2.05) is 18.2 Å². The van der Waals surface area contributed by atoms with Crippen molar-refractivity contribution in [2.45, 2.75) is 4.58 Å². The fourth-order valence-electron chi connectivity index (χ4n) is 1.21. The molecule has 1 rings (SSSR count). The summed E-state index contributed by atoms with van der Waals surface area (Å²) in [6.45, 7) is 0. The summed E-state index contributed by atoms with van der Waals surface area (Å²) in [5, 5.41) is 0. The van der Waals surface area contributed by atoms with Crippen molar-refractivity contribution in [2.24, 2.45) is 0 Å². The van der Waals surface area contributed by atoms with E-state index in [1.54, 1.807) is 23.5 Å². The molecule has 1 aromatic rings. The minimum absolute atomic E-state index is 0.334. The molecule has 13 heavy (non-hydrogen) atoms. The van der Waals surface area contributed by atoms with Gasteiger partial charge in [0.25, 0.3) is 0 Å². The van der Waals surface area contributed by atoms with Crippen molar-refractivity contribution in [1.82, 2.24) is 0 Å². The Kier molecular flexibility index (Phi) is 3.81. The number of hydrogen-bond acceptors (Lipinski definition) is 4. The summed E-state index contributed by atoms with van der Waals surface area (Å²) in [6.07, 6.45) is 4.13. The summed E-state index contributed by atoms with van der Waals surface area (Å²) in [5.41, 5.74) is 14.4. The van der Waals surface area contributed by atoms with Crippen LogP contribution in [0, 0.1) is 0 Å². The van der Waals surface area contributed by atoms with Crippen molar-refractivity contribution < 1.29 is 0 Å². The lowest BCUT2D eigenvalue weighted by Crippen LogP contribution is -2.01. The maximum Gasteiger partial charge on any atom is 0.0785 e. The van der Waals surface area contributed by atoms with Crippen molar-refractivity contribution in [1.29, 1.82) is 0 Å². The minimum Gasteiger partial charge on any atom is -0.398 e. The highest BCUT2D eigenvalue weighted by atomic mass is 32.2. The SMILES string of the molecule is CSC(SC)c1c(N)cccc1N. The lowest BCUT2D eigenvalue weighted by molar-refractivity contribution is 1.39. The molecule has 0 atom stereocenters. The largest absolute Gasteiger partial charge is 0.398 e. The molecule has 0 heterocycles. The quantitative estimate of drug-likeness (QED) is 0.600. The van der Waals surface area contributed by atoms with Crippen LogP contribution in [0.5, 0.6) is 0 Å². The topological polar surface area (TPSA) is 52.0 Å². The lowest BCUT2D eigenvalue weighted by Gasteiger charge is -2.16. The van der Waals surface area contributed by atoms with Gasteiger partial charge in [-0.1, -0.05) is 6.07 Å². The summed E-state index contributed by atoms with van der Waals surface area (Å²) in [5.74, 6) is 0.